The van der Waals surface area contributed by atoms with E-state index in [0.29, 0.717) is 42.0 Å². The molecule has 0 saturated heterocycles. The summed E-state index contributed by atoms with van der Waals surface area (Å²) in [7, 11) is 0. The number of halogens is 2. The lowest BCUT2D eigenvalue weighted by Crippen LogP contribution is -2.29. The molecule has 154 valence electrons. The minimum Gasteiger partial charge on any atom is -0.490 e. The van der Waals surface area contributed by atoms with Crippen LogP contribution in [0, 0.1) is 11.6 Å². The summed E-state index contributed by atoms with van der Waals surface area (Å²) in [6.45, 7) is 0.663. The van der Waals surface area contributed by atoms with Crippen LogP contribution < -0.4 is 20.3 Å². The first-order valence-electron chi connectivity index (χ1n) is 9.23. The van der Waals surface area contributed by atoms with Crippen molar-refractivity contribution >= 4 is 11.6 Å². The fraction of sp³-hybridized carbons (Fsp3) is 0.190. The van der Waals surface area contributed by atoms with Gasteiger partial charge in [0.25, 0.3) is 5.56 Å². The molecule has 2 aromatic carbocycles. The van der Waals surface area contributed by atoms with Gasteiger partial charge in [-0.1, -0.05) is 0 Å². The van der Waals surface area contributed by atoms with Crippen molar-refractivity contribution in [3.8, 4) is 22.8 Å². The molecule has 30 heavy (non-hydrogen) atoms. The van der Waals surface area contributed by atoms with Crippen LogP contribution in [0.1, 0.15) is 6.42 Å². The van der Waals surface area contributed by atoms with Crippen molar-refractivity contribution in [2.24, 2.45) is 0 Å². The number of carbonyl (C=O) groups excluding carboxylic acids is 1. The molecule has 1 N–H and O–H groups in total. The van der Waals surface area contributed by atoms with Crippen LogP contribution in [0.4, 0.5) is 14.5 Å². The monoisotopic (exact) mass is 413 g/mol. The number of hydrogen-bond donors (Lipinski definition) is 1. The van der Waals surface area contributed by atoms with Gasteiger partial charge in [-0.3, -0.25) is 9.59 Å². The normalized spacial score (nSPS) is 12.9. The van der Waals surface area contributed by atoms with Gasteiger partial charge in [0.15, 0.2) is 11.5 Å². The standard InChI is InChI=1S/C21H17F2N3O4/c22-14-3-4-17(15(23)11-14)24-20(27)12-26-21(28)7-5-16(25-26)13-2-6-18-19(10-13)30-9-1-8-29-18/h2-7,10-11H,1,8-9,12H2,(H,24,27). The van der Waals surface area contributed by atoms with E-state index in [1.54, 1.807) is 18.2 Å². The third-order valence-electron chi connectivity index (χ3n) is 4.41. The maximum Gasteiger partial charge on any atom is 0.267 e. The highest BCUT2D eigenvalue weighted by Crippen LogP contribution is 2.33. The molecule has 9 heteroatoms. The molecule has 7 nitrogen and oxygen atoms in total. The highest BCUT2D eigenvalue weighted by Gasteiger charge is 2.14. The first-order chi connectivity index (χ1) is 14.5. The van der Waals surface area contributed by atoms with Crippen molar-refractivity contribution < 1.29 is 23.0 Å². The third-order valence-corrected chi connectivity index (χ3v) is 4.41. The van der Waals surface area contributed by atoms with Gasteiger partial charge in [-0.05, 0) is 36.4 Å². The van der Waals surface area contributed by atoms with E-state index in [4.69, 9.17) is 9.47 Å². The summed E-state index contributed by atoms with van der Waals surface area (Å²) in [4.78, 5) is 24.4. The molecule has 0 atom stereocenters. The van der Waals surface area contributed by atoms with Crippen LogP contribution in [0.3, 0.4) is 0 Å². The quantitative estimate of drug-likeness (QED) is 0.711. The predicted molar refractivity (Wildman–Crippen MR) is 105 cm³/mol. The number of fused-ring (bicyclic) bond motifs is 1. The Balaban J connectivity index is 1.55. The molecule has 1 amide bonds. The van der Waals surface area contributed by atoms with Gasteiger partial charge in [0, 0.05) is 24.1 Å². The van der Waals surface area contributed by atoms with Crippen LogP contribution in [-0.4, -0.2) is 28.9 Å². The summed E-state index contributed by atoms with van der Waals surface area (Å²) in [6, 6.07) is 10.9. The molecule has 1 aliphatic heterocycles. The van der Waals surface area contributed by atoms with Gasteiger partial charge in [-0.15, -0.1) is 0 Å². The smallest absolute Gasteiger partial charge is 0.267 e. The van der Waals surface area contributed by atoms with Crippen LogP contribution >= 0.6 is 0 Å². The topological polar surface area (TPSA) is 82.5 Å². The van der Waals surface area contributed by atoms with E-state index in [1.165, 1.54) is 12.1 Å². The Hall–Kier alpha value is -3.75. The lowest BCUT2D eigenvalue weighted by molar-refractivity contribution is -0.117. The van der Waals surface area contributed by atoms with Gasteiger partial charge in [0.05, 0.1) is 24.6 Å². The van der Waals surface area contributed by atoms with Crippen molar-refractivity contribution in [3.63, 3.8) is 0 Å². The first-order valence-corrected chi connectivity index (χ1v) is 9.23. The van der Waals surface area contributed by atoms with Gasteiger partial charge in [0.2, 0.25) is 5.91 Å². The Morgan fingerprint density at radius 1 is 1.03 bits per heavy atom. The van der Waals surface area contributed by atoms with Crippen LogP contribution in [0.2, 0.25) is 0 Å². The zero-order chi connectivity index (χ0) is 21.1. The Morgan fingerprint density at radius 2 is 1.83 bits per heavy atom. The SMILES string of the molecule is O=C(Cn1nc(-c2ccc3c(c2)OCCCO3)ccc1=O)Nc1ccc(F)cc1F. The Kier molecular flexibility index (Phi) is 5.42. The van der Waals surface area contributed by atoms with Crippen molar-refractivity contribution in [1.29, 1.82) is 0 Å². The van der Waals surface area contributed by atoms with Crippen molar-refractivity contribution in [1.82, 2.24) is 9.78 Å². The molecule has 0 radical (unpaired) electrons. The number of ether oxygens (including phenoxy) is 2. The number of aromatic nitrogens is 2. The molecule has 2 heterocycles. The van der Waals surface area contributed by atoms with Crippen LogP contribution in [0.15, 0.2) is 53.3 Å². The van der Waals surface area contributed by atoms with E-state index in [1.807, 2.05) is 0 Å². The molecule has 1 aliphatic rings. The van der Waals surface area contributed by atoms with Gasteiger partial charge in [-0.25, -0.2) is 13.5 Å². The number of carbonyl (C=O) groups is 1. The van der Waals surface area contributed by atoms with Crippen molar-refractivity contribution in [2.75, 3.05) is 18.5 Å². The summed E-state index contributed by atoms with van der Waals surface area (Å²) < 4.78 is 38.9. The van der Waals surface area contributed by atoms with E-state index in [0.717, 1.165) is 23.2 Å². The number of anilines is 1. The van der Waals surface area contributed by atoms with E-state index >= 15 is 0 Å². The van der Waals surface area contributed by atoms with E-state index in [-0.39, 0.29) is 5.69 Å². The number of amides is 1. The minimum atomic E-state index is -0.912. The molecule has 0 unspecified atom stereocenters. The number of nitrogens with zero attached hydrogens (tertiary/aromatic N) is 2. The molecular weight excluding hydrogens is 396 g/mol. The van der Waals surface area contributed by atoms with Gasteiger partial charge in [-0.2, -0.15) is 5.10 Å². The lowest BCUT2D eigenvalue weighted by atomic mass is 10.1. The molecule has 4 rings (SSSR count). The number of hydrogen-bond acceptors (Lipinski definition) is 5. The average Bonchev–Trinajstić information content (AvgIpc) is 2.96. The fourth-order valence-electron chi connectivity index (χ4n) is 2.96. The summed E-state index contributed by atoms with van der Waals surface area (Å²) in [5.74, 6) is -1.14. The first kappa shape index (κ1) is 19.6. The molecule has 1 aromatic heterocycles. The van der Waals surface area contributed by atoms with E-state index in [2.05, 4.69) is 10.4 Å². The second-order valence-corrected chi connectivity index (χ2v) is 6.60. The molecule has 0 saturated carbocycles. The molecule has 0 fully saturated rings. The zero-order valence-electron chi connectivity index (χ0n) is 15.7. The Morgan fingerprint density at radius 3 is 2.63 bits per heavy atom. The number of nitrogens with one attached hydrogen (secondary N) is 1. The Bertz CT molecular complexity index is 1160. The Labute approximate surface area is 169 Å². The predicted octanol–water partition coefficient (Wildman–Crippen LogP) is 2.99. The fourth-order valence-corrected chi connectivity index (χ4v) is 2.96. The van der Waals surface area contributed by atoms with Gasteiger partial charge in [0.1, 0.15) is 18.2 Å². The molecule has 0 spiro atoms. The molecule has 0 aliphatic carbocycles. The summed E-state index contributed by atoms with van der Waals surface area (Å²) in [6.07, 6.45) is 0.775. The van der Waals surface area contributed by atoms with E-state index < -0.39 is 29.6 Å². The number of benzene rings is 2. The number of rotatable bonds is 4. The molecular formula is C21H17F2N3O4. The van der Waals surface area contributed by atoms with Crippen molar-refractivity contribution in [3.05, 3.63) is 70.5 Å². The maximum atomic E-state index is 13.7. The molecule has 3 aromatic rings. The molecule has 0 bridgehead atoms. The van der Waals surface area contributed by atoms with Crippen LogP contribution in [-0.2, 0) is 11.3 Å². The summed E-state index contributed by atoms with van der Waals surface area (Å²) in [5, 5.41) is 6.53. The van der Waals surface area contributed by atoms with Gasteiger partial charge >= 0.3 is 0 Å². The summed E-state index contributed by atoms with van der Waals surface area (Å²) in [5.41, 5.74) is 0.445. The second kappa shape index (κ2) is 8.32. The average molecular weight is 413 g/mol. The largest absolute Gasteiger partial charge is 0.490 e. The van der Waals surface area contributed by atoms with Gasteiger partial charge < -0.3 is 14.8 Å². The van der Waals surface area contributed by atoms with Crippen LogP contribution in [0.25, 0.3) is 11.3 Å². The maximum absolute atomic E-state index is 13.7. The minimum absolute atomic E-state index is 0.187. The third kappa shape index (κ3) is 4.29. The second-order valence-electron chi connectivity index (χ2n) is 6.60. The zero-order valence-corrected chi connectivity index (χ0v) is 15.7. The highest BCUT2D eigenvalue weighted by atomic mass is 19.1. The van der Waals surface area contributed by atoms with Crippen LogP contribution in [0.5, 0.6) is 11.5 Å². The lowest BCUT2D eigenvalue weighted by Gasteiger charge is -2.11. The van der Waals surface area contributed by atoms with Crippen molar-refractivity contribution in [2.45, 2.75) is 13.0 Å². The summed E-state index contributed by atoms with van der Waals surface area (Å²) >= 11 is 0. The highest BCUT2D eigenvalue weighted by molar-refractivity contribution is 5.90. The van der Waals surface area contributed by atoms with E-state index in [9.17, 15) is 18.4 Å².